The molecule has 2 heterocycles. The Labute approximate surface area is 147 Å². The summed E-state index contributed by atoms with van der Waals surface area (Å²) in [5.41, 5.74) is 1.41. The second kappa shape index (κ2) is 7.34. The van der Waals surface area contributed by atoms with Crippen LogP contribution in [0.25, 0.3) is 5.69 Å². The van der Waals surface area contributed by atoms with Crippen molar-refractivity contribution >= 4 is 35.3 Å². The van der Waals surface area contributed by atoms with Crippen LogP contribution in [0.15, 0.2) is 35.7 Å². The number of hydrogen-bond acceptors (Lipinski definition) is 6. The fourth-order valence-electron chi connectivity index (χ4n) is 2.35. The van der Waals surface area contributed by atoms with Crippen LogP contribution < -0.4 is 10.6 Å². The Hall–Kier alpha value is -2.88. The van der Waals surface area contributed by atoms with Gasteiger partial charge < -0.3 is 10.6 Å². The van der Waals surface area contributed by atoms with Crippen molar-refractivity contribution in [1.82, 2.24) is 25.0 Å². The van der Waals surface area contributed by atoms with Crippen molar-refractivity contribution in [3.8, 4) is 5.69 Å². The van der Waals surface area contributed by atoms with Crippen molar-refractivity contribution < 1.29 is 14.4 Å². The Balaban J connectivity index is 1.71. The van der Waals surface area contributed by atoms with E-state index in [4.69, 9.17) is 0 Å². The molecule has 1 aromatic heterocycles. The van der Waals surface area contributed by atoms with Crippen LogP contribution in [0.3, 0.4) is 0 Å². The number of nitrogens with zero attached hydrogens (tertiary/aromatic N) is 4. The molecule has 2 aromatic rings. The molecule has 10 heteroatoms. The number of rotatable bonds is 5. The molecule has 1 fully saturated rings. The van der Waals surface area contributed by atoms with Crippen LogP contribution in [-0.4, -0.2) is 56.4 Å². The first kappa shape index (κ1) is 17.0. The molecule has 0 saturated carbocycles. The quantitative estimate of drug-likeness (QED) is 0.766. The third kappa shape index (κ3) is 3.97. The van der Waals surface area contributed by atoms with Gasteiger partial charge in [0.25, 0.3) is 0 Å². The number of aromatic nitrogens is 3. The lowest BCUT2D eigenvalue weighted by Crippen LogP contribution is -2.35. The Bertz CT molecular complexity index is 821. The van der Waals surface area contributed by atoms with E-state index < -0.39 is 0 Å². The molecule has 9 nitrogen and oxygen atoms in total. The number of urea groups is 1. The minimum atomic E-state index is -0.366. The molecular weight excluding hydrogens is 344 g/mol. The molecular formula is C15H16N6O3S. The van der Waals surface area contributed by atoms with Crippen LogP contribution in [0, 0.1) is 0 Å². The molecule has 1 aliphatic heterocycles. The standard InChI is InChI=1S/C15H16N6O3S/c1-10(22)18-11-3-2-4-12(7-11)21-9-17-19-15(21)25-8-13(23)20-6-5-16-14(20)24/h2-4,7,9H,5-6,8H2,1H3,(H,16,24)(H,18,22). The number of imide groups is 1. The van der Waals surface area contributed by atoms with Gasteiger partial charge in [-0.1, -0.05) is 17.8 Å². The molecule has 1 aliphatic rings. The van der Waals surface area contributed by atoms with Crippen molar-refractivity contribution in [2.75, 3.05) is 24.2 Å². The van der Waals surface area contributed by atoms with Crippen LogP contribution in [0.2, 0.25) is 0 Å². The summed E-state index contributed by atoms with van der Waals surface area (Å²) in [5, 5.41) is 13.7. The molecule has 0 atom stereocenters. The Kier molecular flexibility index (Phi) is 4.98. The van der Waals surface area contributed by atoms with Gasteiger partial charge in [-0.2, -0.15) is 0 Å². The van der Waals surface area contributed by atoms with Crippen LogP contribution >= 0.6 is 11.8 Å². The van der Waals surface area contributed by atoms with Crippen LogP contribution in [0.4, 0.5) is 10.5 Å². The second-order valence-electron chi connectivity index (χ2n) is 5.28. The van der Waals surface area contributed by atoms with Gasteiger partial charge in [0.2, 0.25) is 11.8 Å². The van der Waals surface area contributed by atoms with E-state index >= 15 is 0 Å². The highest BCUT2D eigenvalue weighted by Gasteiger charge is 2.26. The summed E-state index contributed by atoms with van der Waals surface area (Å²) in [6, 6.07) is 6.83. The molecule has 0 aliphatic carbocycles. The summed E-state index contributed by atoms with van der Waals surface area (Å²) in [7, 11) is 0. The van der Waals surface area contributed by atoms with E-state index in [1.807, 2.05) is 6.07 Å². The SMILES string of the molecule is CC(=O)Nc1cccc(-n2cnnc2SCC(=O)N2CCNC2=O)c1. The van der Waals surface area contributed by atoms with Gasteiger partial charge in [-0.25, -0.2) is 4.79 Å². The second-order valence-corrected chi connectivity index (χ2v) is 6.22. The number of carbonyl (C=O) groups is 3. The van der Waals surface area contributed by atoms with Gasteiger partial charge in [0, 0.05) is 25.7 Å². The molecule has 1 aromatic carbocycles. The molecule has 0 unspecified atom stereocenters. The maximum Gasteiger partial charge on any atom is 0.324 e. The number of amides is 4. The van der Waals surface area contributed by atoms with Gasteiger partial charge in [0.1, 0.15) is 6.33 Å². The summed E-state index contributed by atoms with van der Waals surface area (Å²) in [4.78, 5) is 36.0. The lowest BCUT2D eigenvalue weighted by Gasteiger charge is -2.12. The van der Waals surface area contributed by atoms with Crippen molar-refractivity contribution in [1.29, 1.82) is 0 Å². The number of carbonyl (C=O) groups excluding carboxylic acids is 3. The van der Waals surface area contributed by atoms with Crippen molar-refractivity contribution in [3.63, 3.8) is 0 Å². The van der Waals surface area contributed by atoms with Crippen molar-refractivity contribution in [2.24, 2.45) is 0 Å². The third-order valence-electron chi connectivity index (χ3n) is 3.44. The predicted molar refractivity (Wildman–Crippen MR) is 91.5 cm³/mol. The topological polar surface area (TPSA) is 109 Å². The molecule has 4 amide bonds. The fourth-order valence-corrected chi connectivity index (χ4v) is 3.16. The zero-order chi connectivity index (χ0) is 17.8. The first-order chi connectivity index (χ1) is 12.0. The van der Waals surface area contributed by atoms with Gasteiger partial charge >= 0.3 is 6.03 Å². The maximum absolute atomic E-state index is 12.1. The molecule has 0 bridgehead atoms. The first-order valence-electron chi connectivity index (χ1n) is 7.53. The van der Waals surface area contributed by atoms with Crippen LogP contribution in [0.5, 0.6) is 0 Å². The van der Waals surface area contributed by atoms with E-state index in [0.29, 0.717) is 23.9 Å². The molecule has 25 heavy (non-hydrogen) atoms. The Morgan fingerprint density at radius 1 is 1.40 bits per heavy atom. The zero-order valence-electron chi connectivity index (χ0n) is 13.4. The van der Waals surface area contributed by atoms with E-state index in [-0.39, 0.29) is 23.6 Å². The number of hydrogen-bond donors (Lipinski definition) is 2. The van der Waals surface area contributed by atoms with Crippen LogP contribution in [0.1, 0.15) is 6.92 Å². The first-order valence-corrected chi connectivity index (χ1v) is 8.52. The Morgan fingerprint density at radius 2 is 2.24 bits per heavy atom. The third-order valence-corrected chi connectivity index (χ3v) is 4.37. The minimum Gasteiger partial charge on any atom is -0.336 e. The van der Waals surface area contributed by atoms with Crippen molar-refractivity contribution in [3.05, 3.63) is 30.6 Å². The lowest BCUT2D eigenvalue weighted by atomic mass is 10.2. The average Bonchev–Trinajstić information content (AvgIpc) is 3.21. The van der Waals surface area contributed by atoms with E-state index in [1.165, 1.54) is 29.9 Å². The number of nitrogens with one attached hydrogen (secondary N) is 2. The fraction of sp³-hybridized carbons (Fsp3) is 0.267. The summed E-state index contributed by atoms with van der Waals surface area (Å²) < 4.78 is 1.72. The monoisotopic (exact) mass is 360 g/mol. The summed E-state index contributed by atoms with van der Waals surface area (Å²) in [6.07, 6.45) is 1.53. The van der Waals surface area contributed by atoms with Crippen molar-refractivity contribution in [2.45, 2.75) is 12.1 Å². The highest BCUT2D eigenvalue weighted by molar-refractivity contribution is 7.99. The lowest BCUT2D eigenvalue weighted by molar-refractivity contribution is -0.124. The highest BCUT2D eigenvalue weighted by Crippen LogP contribution is 2.22. The number of anilines is 1. The molecule has 0 spiro atoms. The predicted octanol–water partition coefficient (Wildman–Crippen LogP) is 0.870. The van der Waals surface area contributed by atoms with E-state index in [0.717, 1.165) is 5.69 Å². The zero-order valence-corrected chi connectivity index (χ0v) is 14.2. The van der Waals surface area contributed by atoms with E-state index in [1.54, 1.807) is 22.8 Å². The number of thioether (sulfide) groups is 1. The highest BCUT2D eigenvalue weighted by atomic mass is 32.2. The van der Waals surface area contributed by atoms with Gasteiger partial charge in [-0.15, -0.1) is 10.2 Å². The molecule has 2 N–H and O–H groups in total. The smallest absolute Gasteiger partial charge is 0.324 e. The van der Waals surface area contributed by atoms with Crippen LogP contribution in [-0.2, 0) is 9.59 Å². The molecule has 0 radical (unpaired) electrons. The van der Waals surface area contributed by atoms with E-state index in [2.05, 4.69) is 20.8 Å². The summed E-state index contributed by atoms with van der Waals surface area (Å²) >= 11 is 1.20. The number of benzene rings is 1. The summed E-state index contributed by atoms with van der Waals surface area (Å²) in [5.74, 6) is -0.358. The molecule has 3 rings (SSSR count). The minimum absolute atomic E-state index is 0.0809. The summed E-state index contributed by atoms with van der Waals surface area (Å²) in [6.45, 7) is 2.29. The van der Waals surface area contributed by atoms with Gasteiger partial charge in [-0.05, 0) is 18.2 Å². The van der Waals surface area contributed by atoms with Gasteiger partial charge in [0.15, 0.2) is 5.16 Å². The Morgan fingerprint density at radius 3 is 2.96 bits per heavy atom. The van der Waals surface area contributed by atoms with Gasteiger partial charge in [0.05, 0.1) is 11.4 Å². The normalized spacial score (nSPS) is 13.6. The molecule has 130 valence electrons. The average molecular weight is 360 g/mol. The van der Waals surface area contributed by atoms with Gasteiger partial charge in [-0.3, -0.25) is 19.1 Å². The molecule has 1 saturated heterocycles. The largest absolute Gasteiger partial charge is 0.336 e. The maximum atomic E-state index is 12.1. The van der Waals surface area contributed by atoms with E-state index in [9.17, 15) is 14.4 Å².